The first-order valence-electron chi connectivity index (χ1n) is 14.9. The molecule has 0 spiro atoms. The van der Waals surface area contributed by atoms with Gasteiger partial charge in [-0.25, -0.2) is 4.98 Å². The van der Waals surface area contributed by atoms with Crippen molar-refractivity contribution in [2.75, 3.05) is 4.90 Å². The van der Waals surface area contributed by atoms with Gasteiger partial charge in [0.25, 0.3) is 5.78 Å². The molecule has 0 radical (unpaired) electrons. The highest BCUT2D eigenvalue weighted by Crippen LogP contribution is 2.45. The van der Waals surface area contributed by atoms with Crippen LogP contribution in [-0.2, 0) is 21.9 Å². The molecule has 1 aliphatic rings. The molecular formula is C36H29N5O4S2. The maximum absolute atomic E-state index is 13.9. The number of aliphatic hydroxyl groups is 1. The third-order valence-corrected chi connectivity index (χ3v) is 10.1. The minimum Gasteiger partial charge on any atom is -0.505 e. The number of aromatic nitrogens is 4. The lowest BCUT2D eigenvalue weighted by molar-refractivity contribution is -0.132. The van der Waals surface area contributed by atoms with Crippen LogP contribution in [0.1, 0.15) is 39.7 Å². The third kappa shape index (κ3) is 5.91. The van der Waals surface area contributed by atoms with Gasteiger partial charge in [-0.1, -0.05) is 102 Å². The number of hydrogen-bond acceptors (Lipinski definition) is 9. The molecule has 3 aromatic carbocycles. The van der Waals surface area contributed by atoms with E-state index in [-0.39, 0.29) is 22.2 Å². The van der Waals surface area contributed by atoms with Crippen LogP contribution in [0.15, 0.2) is 113 Å². The van der Waals surface area contributed by atoms with Crippen molar-refractivity contribution >= 4 is 51.3 Å². The van der Waals surface area contributed by atoms with Gasteiger partial charge >= 0.3 is 5.91 Å². The molecule has 6 aromatic rings. The summed E-state index contributed by atoms with van der Waals surface area (Å²) < 4.78 is 8.61. The normalized spacial score (nSPS) is 15.9. The van der Waals surface area contributed by atoms with Crippen LogP contribution in [0.5, 0.6) is 5.75 Å². The predicted molar refractivity (Wildman–Crippen MR) is 183 cm³/mol. The molecule has 0 saturated carbocycles. The topological polar surface area (TPSA) is 110 Å². The lowest BCUT2D eigenvalue weighted by Crippen LogP contribution is -2.29. The Bertz CT molecular complexity index is 2140. The highest BCUT2D eigenvalue weighted by molar-refractivity contribution is 8.00. The Labute approximate surface area is 279 Å². The van der Waals surface area contributed by atoms with Gasteiger partial charge in [0.2, 0.25) is 5.13 Å². The number of ether oxygens (including phenoxy) is 1. The number of benzene rings is 3. The van der Waals surface area contributed by atoms with Gasteiger partial charge in [-0.2, -0.15) is 0 Å². The summed E-state index contributed by atoms with van der Waals surface area (Å²) in [5.41, 5.74) is 5.05. The Morgan fingerprint density at radius 1 is 0.915 bits per heavy atom. The first-order valence-corrected chi connectivity index (χ1v) is 16.7. The molecule has 1 unspecified atom stereocenters. The molecule has 9 nitrogen and oxygen atoms in total. The molecule has 1 fully saturated rings. The standard InChI is InChI=1S/C36H29N5O4S2/c1-22-11-10-18-40-23(2)29(37-33(22)40)31(42)28-30(26-16-9-17-27(19-26)45-20-24-12-5-3-6-13-24)41(34(44)32(28)43)35-38-39-36(47-35)46-21-25-14-7-4-8-15-25/h3-19,30,42H,20-21H2,1-2H3. The highest BCUT2D eigenvalue weighted by atomic mass is 32.2. The van der Waals surface area contributed by atoms with Crippen LogP contribution in [-0.4, -0.2) is 36.4 Å². The molecule has 1 N–H and O–H groups in total. The van der Waals surface area contributed by atoms with Crippen LogP contribution >= 0.6 is 23.1 Å². The van der Waals surface area contributed by atoms with E-state index in [4.69, 9.17) is 9.72 Å². The number of ketones is 1. The number of imidazole rings is 1. The van der Waals surface area contributed by atoms with E-state index in [1.54, 1.807) is 18.2 Å². The zero-order valence-electron chi connectivity index (χ0n) is 25.5. The van der Waals surface area contributed by atoms with Crippen molar-refractivity contribution in [3.8, 4) is 5.75 Å². The van der Waals surface area contributed by atoms with E-state index in [0.29, 0.717) is 39.4 Å². The highest BCUT2D eigenvalue weighted by Gasteiger charge is 2.49. The van der Waals surface area contributed by atoms with E-state index < -0.39 is 17.7 Å². The molecule has 0 bridgehead atoms. The fourth-order valence-corrected chi connectivity index (χ4v) is 7.44. The van der Waals surface area contributed by atoms with Crippen molar-refractivity contribution in [2.24, 2.45) is 0 Å². The molecule has 1 amide bonds. The van der Waals surface area contributed by atoms with E-state index in [1.807, 2.05) is 103 Å². The summed E-state index contributed by atoms with van der Waals surface area (Å²) in [6, 6.07) is 29.8. The molecule has 11 heteroatoms. The van der Waals surface area contributed by atoms with Crippen molar-refractivity contribution in [1.29, 1.82) is 0 Å². The van der Waals surface area contributed by atoms with Crippen molar-refractivity contribution in [1.82, 2.24) is 19.6 Å². The quantitative estimate of drug-likeness (QED) is 0.0566. The Morgan fingerprint density at radius 2 is 1.66 bits per heavy atom. The smallest absolute Gasteiger partial charge is 0.301 e. The number of amides is 1. The van der Waals surface area contributed by atoms with Gasteiger partial charge in [0, 0.05) is 11.9 Å². The number of carbonyl (C=O) groups excluding carboxylic acids is 2. The molecule has 234 valence electrons. The van der Waals surface area contributed by atoms with E-state index in [2.05, 4.69) is 10.2 Å². The van der Waals surface area contributed by atoms with Gasteiger partial charge in [-0.3, -0.25) is 14.5 Å². The first-order chi connectivity index (χ1) is 22.9. The predicted octanol–water partition coefficient (Wildman–Crippen LogP) is 7.30. The zero-order chi connectivity index (χ0) is 32.5. The lowest BCUT2D eigenvalue weighted by atomic mass is 9.96. The average molecular weight is 660 g/mol. The van der Waals surface area contributed by atoms with Crippen molar-refractivity contribution in [2.45, 2.75) is 36.6 Å². The number of carbonyl (C=O) groups is 2. The van der Waals surface area contributed by atoms with E-state index in [1.165, 1.54) is 28.0 Å². The van der Waals surface area contributed by atoms with Gasteiger partial charge < -0.3 is 14.2 Å². The SMILES string of the molecule is Cc1cccn2c(C)c(C(O)=C3C(=O)C(=O)N(c4nnc(SCc5ccccc5)s4)C3c3cccc(OCc4ccccc4)c3)nc12. The number of pyridine rings is 1. The summed E-state index contributed by atoms with van der Waals surface area (Å²) >= 11 is 2.72. The number of Topliss-reactive ketones (excluding diaryl/α,β-unsaturated/α-hetero) is 1. The summed E-state index contributed by atoms with van der Waals surface area (Å²) in [6.07, 6.45) is 1.85. The van der Waals surface area contributed by atoms with Crippen molar-refractivity contribution in [3.05, 3.63) is 142 Å². The summed E-state index contributed by atoms with van der Waals surface area (Å²) in [5.74, 6) is -0.765. The first kappa shape index (κ1) is 30.4. The van der Waals surface area contributed by atoms with Gasteiger partial charge in [0.05, 0.1) is 17.3 Å². The van der Waals surface area contributed by atoms with Crippen LogP contribution in [0, 0.1) is 13.8 Å². The van der Waals surface area contributed by atoms with Crippen LogP contribution in [0.3, 0.4) is 0 Å². The molecule has 1 saturated heterocycles. The summed E-state index contributed by atoms with van der Waals surface area (Å²) in [6.45, 7) is 4.08. The minimum atomic E-state index is -1.000. The molecule has 1 aliphatic heterocycles. The van der Waals surface area contributed by atoms with Crippen LogP contribution in [0.4, 0.5) is 5.13 Å². The van der Waals surface area contributed by atoms with Crippen LogP contribution < -0.4 is 9.64 Å². The van der Waals surface area contributed by atoms with Gasteiger partial charge in [0.1, 0.15) is 23.7 Å². The summed E-state index contributed by atoms with van der Waals surface area (Å²) in [5, 5.41) is 20.8. The molecular weight excluding hydrogens is 631 g/mol. The maximum Gasteiger partial charge on any atom is 0.301 e. The number of aryl methyl sites for hydroxylation is 2. The minimum absolute atomic E-state index is 0.0759. The molecule has 4 heterocycles. The number of anilines is 1. The molecule has 7 rings (SSSR count). The van der Waals surface area contributed by atoms with Crippen molar-refractivity contribution in [3.63, 3.8) is 0 Å². The summed E-state index contributed by atoms with van der Waals surface area (Å²) in [4.78, 5) is 33.7. The molecule has 1 atom stereocenters. The number of fused-ring (bicyclic) bond motifs is 1. The van der Waals surface area contributed by atoms with E-state index in [9.17, 15) is 14.7 Å². The number of hydrogen-bond donors (Lipinski definition) is 1. The van der Waals surface area contributed by atoms with Gasteiger partial charge in [0.15, 0.2) is 10.1 Å². The Balaban J connectivity index is 1.30. The summed E-state index contributed by atoms with van der Waals surface area (Å²) in [7, 11) is 0. The molecule has 3 aromatic heterocycles. The molecule has 47 heavy (non-hydrogen) atoms. The average Bonchev–Trinajstić information content (AvgIpc) is 3.78. The second kappa shape index (κ2) is 12.9. The lowest BCUT2D eigenvalue weighted by Gasteiger charge is -2.23. The third-order valence-electron chi connectivity index (χ3n) is 7.98. The van der Waals surface area contributed by atoms with Crippen LogP contribution in [0.25, 0.3) is 11.4 Å². The second-order valence-corrected chi connectivity index (χ2v) is 13.2. The van der Waals surface area contributed by atoms with Crippen LogP contribution in [0.2, 0.25) is 0 Å². The number of nitrogens with zero attached hydrogens (tertiary/aromatic N) is 5. The largest absolute Gasteiger partial charge is 0.505 e. The monoisotopic (exact) mass is 659 g/mol. The molecule has 0 aliphatic carbocycles. The van der Waals surface area contributed by atoms with Gasteiger partial charge in [-0.15, -0.1) is 10.2 Å². The number of thioether (sulfide) groups is 1. The Hall–Kier alpha value is -5.26. The fraction of sp³-hybridized carbons (Fsp3) is 0.139. The number of aliphatic hydroxyl groups excluding tert-OH is 1. The second-order valence-electron chi connectivity index (χ2n) is 11.1. The number of rotatable bonds is 9. The van der Waals surface area contributed by atoms with E-state index in [0.717, 1.165) is 16.7 Å². The van der Waals surface area contributed by atoms with Gasteiger partial charge in [-0.05, 0) is 54.3 Å². The zero-order valence-corrected chi connectivity index (χ0v) is 27.2. The Morgan fingerprint density at radius 3 is 2.40 bits per heavy atom. The van der Waals surface area contributed by atoms with Crippen molar-refractivity contribution < 1.29 is 19.4 Å². The van der Waals surface area contributed by atoms with E-state index >= 15 is 0 Å². The fourth-order valence-electron chi connectivity index (χ4n) is 5.61. The maximum atomic E-state index is 13.9. The Kier molecular flexibility index (Phi) is 8.32.